The van der Waals surface area contributed by atoms with Crippen LogP contribution in [0.15, 0.2) is 78.9 Å². The molecule has 0 atom stereocenters. The van der Waals surface area contributed by atoms with Crippen LogP contribution in [0.2, 0.25) is 0 Å². The summed E-state index contributed by atoms with van der Waals surface area (Å²) >= 11 is 0. The van der Waals surface area contributed by atoms with Gasteiger partial charge in [-0.3, -0.25) is 0 Å². The molecule has 1 saturated carbocycles. The van der Waals surface area contributed by atoms with Crippen LogP contribution >= 0.6 is 12.4 Å². The van der Waals surface area contributed by atoms with E-state index in [1.165, 1.54) is 17.7 Å². The fourth-order valence-corrected chi connectivity index (χ4v) is 6.39. The van der Waals surface area contributed by atoms with Crippen molar-refractivity contribution in [1.29, 1.82) is 5.26 Å². The van der Waals surface area contributed by atoms with Gasteiger partial charge in [-0.05, 0) is 73.9 Å². The van der Waals surface area contributed by atoms with Gasteiger partial charge in [0.1, 0.15) is 5.82 Å². The Morgan fingerprint density at radius 2 is 1.56 bits per heavy atom. The average Bonchev–Trinajstić information content (AvgIpc) is 3.31. The first-order valence-corrected chi connectivity index (χ1v) is 13.8. The molecule has 4 aromatic rings. The SMILES string of the molecule is Cl.N#CC1(c2ccccc2)CCC(N2CCC(Nc3nc4ccccc4n3Cc3ccc(F)cc3)CC2)CC1. The highest BCUT2D eigenvalue weighted by Crippen LogP contribution is 2.41. The van der Waals surface area contributed by atoms with Crippen LogP contribution in [-0.2, 0) is 12.0 Å². The van der Waals surface area contributed by atoms with Gasteiger partial charge in [0.15, 0.2) is 0 Å². The van der Waals surface area contributed by atoms with Crippen molar-refractivity contribution in [3.05, 3.63) is 95.8 Å². The highest BCUT2D eigenvalue weighted by Gasteiger charge is 2.39. The van der Waals surface area contributed by atoms with Gasteiger partial charge in [0.05, 0.1) is 29.1 Å². The Morgan fingerprint density at radius 3 is 2.26 bits per heavy atom. The maximum atomic E-state index is 13.5. The molecule has 5 nitrogen and oxygen atoms in total. The summed E-state index contributed by atoms with van der Waals surface area (Å²) in [5.41, 5.74) is 3.94. The molecule has 0 unspecified atom stereocenters. The third-order valence-electron chi connectivity index (χ3n) is 8.64. The Balaban J connectivity index is 0.00000308. The summed E-state index contributed by atoms with van der Waals surface area (Å²) in [6.07, 6.45) is 6.16. The minimum Gasteiger partial charge on any atom is -0.353 e. The smallest absolute Gasteiger partial charge is 0.204 e. The molecule has 1 aliphatic carbocycles. The maximum Gasteiger partial charge on any atom is 0.204 e. The first kappa shape index (κ1) is 27.2. The molecule has 2 fully saturated rings. The van der Waals surface area contributed by atoms with Crippen LogP contribution in [0.4, 0.5) is 10.3 Å². The summed E-state index contributed by atoms with van der Waals surface area (Å²) in [7, 11) is 0. The number of halogens is 2. The second kappa shape index (κ2) is 11.8. The zero-order valence-electron chi connectivity index (χ0n) is 22.1. The maximum absolute atomic E-state index is 13.5. The fraction of sp³-hybridized carbons (Fsp3) is 0.375. The normalized spacial score (nSPS) is 22.2. The van der Waals surface area contributed by atoms with Crippen molar-refractivity contribution in [1.82, 2.24) is 14.5 Å². The van der Waals surface area contributed by atoms with Crippen LogP contribution in [0.5, 0.6) is 0 Å². The number of imidazole rings is 1. The van der Waals surface area contributed by atoms with Crippen LogP contribution in [0.1, 0.15) is 49.7 Å². The Bertz CT molecular complexity index is 1410. The second-order valence-electron chi connectivity index (χ2n) is 10.9. The molecule has 0 spiro atoms. The van der Waals surface area contributed by atoms with E-state index in [9.17, 15) is 9.65 Å². The van der Waals surface area contributed by atoms with Crippen molar-refractivity contribution in [2.75, 3.05) is 18.4 Å². The molecule has 2 aliphatic rings. The number of nitriles is 1. The van der Waals surface area contributed by atoms with E-state index < -0.39 is 0 Å². The average molecular weight is 544 g/mol. The molecule has 1 saturated heterocycles. The van der Waals surface area contributed by atoms with Crippen molar-refractivity contribution in [3.8, 4) is 6.07 Å². The Hall–Kier alpha value is -3.40. The summed E-state index contributed by atoms with van der Waals surface area (Å²) in [5.74, 6) is 0.666. The number of hydrogen-bond acceptors (Lipinski definition) is 4. The van der Waals surface area contributed by atoms with Gasteiger partial charge in [0, 0.05) is 25.2 Å². The van der Waals surface area contributed by atoms with Gasteiger partial charge >= 0.3 is 0 Å². The van der Waals surface area contributed by atoms with Crippen LogP contribution in [0.3, 0.4) is 0 Å². The highest BCUT2D eigenvalue weighted by molar-refractivity contribution is 5.85. The van der Waals surface area contributed by atoms with E-state index in [1.807, 2.05) is 48.5 Å². The van der Waals surface area contributed by atoms with E-state index in [0.717, 1.165) is 74.2 Å². The first-order valence-electron chi connectivity index (χ1n) is 13.8. The fourth-order valence-electron chi connectivity index (χ4n) is 6.39. The van der Waals surface area contributed by atoms with Gasteiger partial charge in [0.2, 0.25) is 5.95 Å². The molecule has 3 aromatic carbocycles. The molecular formula is C32H35ClFN5. The molecule has 1 aliphatic heterocycles. The van der Waals surface area contributed by atoms with Gasteiger partial charge in [-0.25, -0.2) is 9.37 Å². The van der Waals surface area contributed by atoms with Crippen molar-refractivity contribution in [2.45, 2.75) is 62.6 Å². The molecule has 0 amide bonds. The van der Waals surface area contributed by atoms with Crippen LogP contribution < -0.4 is 5.32 Å². The van der Waals surface area contributed by atoms with Gasteiger partial charge in [-0.2, -0.15) is 5.26 Å². The molecule has 0 radical (unpaired) electrons. The molecule has 2 heterocycles. The third kappa shape index (κ3) is 5.66. The Morgan fingerprint density at radius 1 is 0.897 bits per heavy atom. The first-order chi connectivity index (χ1) is 18.6. The van der Waals surface area contributed by atoms with Crippen LogP contribution in [-0.4, -0.2) is 39.6 Å². The number of para-hydroxylation sites is 2. The number of likely N-dealkylation sites (tertiary alicyclic amines) is 1. The highest BCUT2D eigenvalue weighted by atomic mass is 35.5. The molecule has 1 N–H and O–H groups in total. The van der Waals surface area contributed by atoms with E-state index >= 15 is 0 Å². The Kier molecular flexibility index (Phi) is 8.20. The van der Waals surface area contributed by atoms with Crippen molar-refractivity contribution in [3.63, 3.8) is 0 Å². The van der Waals surface area contributed by atoms with Crippen molar-refractivity contribution in [2.24, 2.45) is 0 Å². The monoisotopic (exact) mass is 543 g/mol. The number of piperidine rings is 1. The predicted octanol–water partition coefficient (Wildman–Crippen LogP) is 6.93. The lowest BCUT2D eigenvalue weighted by atomic mass is 9.69. The van der Waals surface area contributed by atoms with Crippen LogP contribution in [0, 0.1) is 17.1 Å². The number of aromatic nitrogens is 2. The van der Waals surface area contributed by atoms with Crippen molar-refractivity contribution >= 4 is 29.4 Å². The van der Waals surface area contributed by atoms with Gasteiger partial charge in [-0.15, -0.1) is 12.4 Å². The number of rotatable bonds is 6. The molecule has 7 heteroatoms. The topological polar surface area (TPSA) is 56.9 Å². The number of benzene rings is 3. The standard InChI is InChI=1S/C32H34FN5.ClH/c33-26-12-10-24(11-13-26)22-38-30-9-5-4-8-29(30)36-31(38)35-27-16-20-37(21-17-27)28-14-18-32(23-34,19-15-28)25-6-2-1-3-7-25;/h1-13,27-28H,14-22H2,(H,35,36);1H. The summed E-state index contributed by atoms with van der Waals surface area (Å²) in [4.78, 5) is 7.56. The zero-order chi connectivity index (χ0) is 26.0. The molecular weight excluding hydrogens is 509 g/mol. The molecule has 39 heavy (non-hydrogen) atoms. The summed E-state index contributed by atoms with van der Waals surface area (Å²) in [5, 5.41) is 13.8. The van der Waals surface area contributed by atoms with E-state index in [-0.39, 0.29) is 23.6 Å². The van der Waals surface area contributed by atoms with E-state index in [4.69, 9.17) is 4.98 Å². The Labute approximate surface area is 236 Å². The summed E-state index contributed by atoms with van der Waals surface area (Å²) in [6, 6.07) is 28.9. The lowest BCUT2D eigenvalue weighted by Gasteiger charge is -2.43. The quantitative estimate of drug-likeness (QED) is 0.286. The van der Waals surface area contributed by atoms with Gasteiger partial charge < -0.3 is 14.8 Å². The lowest BCUT2D eigenvalue weighted by Crippen LogP contribution is -2.47. The zero-order valence-corrected chi connectivity index (χ0v) is 22.9. The number of hydrogen-bond donors (Lipinski definition) is 1. The number of nitrogens with one attached hydrogen (secondary N) is 1. The molecule has 6 rings (SSSR count). The summed E-state index contributed by atoms with van der Waals surface area (Å²) < 4.78 is 15.7. The molecule has 202 valence electrons. The lowest BCUT2D eigenvalue weighted by molar-refractivity contribution is 0.111. The van der Waals surface area contributed by atoms with Crippen LogP contribution in [0.25, 0.3) is 11.0 Å². The van der Waals surface area contributed by atoms with Gasteiger partial charge in [0.25, 0.3) is 0 Å². The predicted molar refractivity (Wildman–Crippen MR) is 157 cm³/mol. The minimum absolute atomic E-state index is 0. The molecule has 0 bridgehead atoms. The largest absolute Gasteiger partial charge is 0.353 e. The number of anilines is 1. The van der Waals surface area contributed by atoms with E-state index in [0.29, 0.717) is 18.6 Å². The van der Waals surface area contributed by atoms with E-state index in [2.05, 4.69) is 39.1 Å². The third-order valence-corrected chi connectivity index (χ3v) is 8.64. The van der Waals surface area contributed by atoms with Crippen molar-refractivity contribution < 1.29 is 4.39 Å². The summed E-state index contributed by atoms with van der Waals surface area (Å²) in [6.45, 7) is 2.77. The minimum atomic E-state index is -0.332. The van der Waals surface area contributed by atoms with E-state index in [1.54, 1.807) is 0 Å². The second-order valence-corrected chi connectivity index (χ2v) is 10.9. The number of nitrogens with zero attached hydrogens (tertiary/aromatic N) is 4. The number of fused-ring (bicyclic) bond motifs is 1. The molecule has 1 aromatic heterocycles. The van der Waals surface area contributed by atoms with Gasteiger partial charge in [-0.1, -0.05) is 54.6 Å².